The average Bonchev–Trinajstić information content (AvgIpc) is 2.92. The highest BCUT2D eigenvalue weighted by molar-refractivity contribution is 5.99. The van der Waals surface area contributed by atoms with Crippen LogP contribution in [-0.4, -0.2) is 22.9 Å². The number of amides is 1. The maximum Gasteiger partial charge on any atom is 0.228 e. The number of H-pyrrole nitrogens is 1. The van der Waals surface area contributed by atoms with Gasteiger partial charge in [0.15, 0.2) is 5.95 Å². The van der Waals surface area contributed by atoms with Crippen LogP contribution in [0.1, 0.15) is 5.56 Å². The summed E-state index contributed by atoms with van der Waals surface area (Å²) in [6, 6.07) is 5.91. The number of benzene rings is 1. The molecule has 1 aliphatic rings. The molecule has 5 nitrogen and oxygen atoms in total. The highest BCUT2D eigenvalue weighted by Crippen LogP contribution is 2.28. The second-order valence-electron chi connectivity index (χ2n) is 3.99. The molecule has 0 unspecified atom stereocenters. The maximum atomic E-state index is 11.3. The first-order chi connectivity index (χ1) is 8.26. The number of imidazole rings is 1. The van der Waals surface area contributed by atoms with E-state index < -0.39 is 0 Å². The molecule has 0 bridgehead atoms. The molecule has 0 spiro atoms. The third kappa shape index (κ3) is 1.65. The molecule has 1 aromatic carbocycles. The van der Waals surface area contributed by atoms with Crippen LogP contribution in [0.3, 0.4) is 0 Å². The fourth-order valence-electron chi connectivity index (χ4n) is 1.99. The van der Waals surface area contributed by atoms with Crippen molar-refractivity contribution in [3.05, 3.63) is 30.0 Å². The van der Waals surface area contributed by atoms with Crippen molar-refractivity contribution in [1.29, 1.82) is 0 Å². The van der Waals surface area contributed by atoms with Gasteiger partial charge in [0.05, 0.1) is 18.3 Å². The number of fused-ring (bicyclic) bond motifs is 1. The van der Waals surface area contributed by atoms with E-state index in [0.717, 1.165) is 28.5 Å². The van der Waals surface area contributed by atoms with E-state index in [9.17, 15) is 4.79 Å². The van der Waals surface area contributed by atoms with E-state index in [1.807, 2.05) is 25.2 Å². The minimum absolute atomic E-state index is 0.0534. The fraction of sp³-hybridized carbons (Fsp3) is 0.167. The first-order valence-electron chi connectivity index (χ1n) is 5.42. The van der Waals surface area contributed by atoms with Gasteiger partial charge in [-0.05, 0) is 17.7 Å². The Bertz CT molecular complexity index is 588. The van der Waals surface area contributed by atoms with E-state index in [-0.39, 0.29) is 5.91 Å². The molecular weight excluding hydrogens is 216 g/mol. The van der Waals surface area contributed by atoms with E-state index in [2.05, 4.69) is 20.6 Å². The van der Waals surface area contributed by atoms with Crippen molar-refractivity contribution in [3.63, 3.8) is 0 Å². The molecule has 0 aliphatic carbocycles. The smallest absolute Gasteiger partial charge is 0.228 e. The molecule has 2 aromatic rings. The lowest BCUT2D eigenvalue weighted by Crippen LogP contribution is -2.03. The lowest BCUT2D eigenvalue weighted by atomic mass is 10.1. The zero-order valence-electron chi connectivity index (χ0n) is 9.37. The lowest BCUT2D eigenvalue weighted by molar-refractivity contribution is -0.115. The number of nitrogens with zero attached hydrogens (tertiary/aromatic N) is 1. The summed E-state index contributed by atoms with van der Waals surface area (Å²) in [5, 5.41) is 5.76. The first-order valence-corrected chi connectivity index (χ1v) is 5.42. The van der Waals surface area contributed by atoms with Crippen molar-refractivity contribution >= 4 is 17.5 Å². The molecule has 1 amide bonds. The molecular formula is C12H12N4O. The number of hydrogen-bond acceptors (Lipinski definition) is 3. The predicted molar refractivity (Wildman–Crippen MR) is 65.9 cm³/mol. The first kappa shape index (κ1) is 9.89. The van der Waals surface area contributed by atoms with Crippen LogP contribution in [0.15, 0.2) is 24.4 Å². The molecule has 0 saturated heterocycles. The Hall–Kier alpha value is -2.30. The van der Waals surface area contributed by atoms with Gasteiger partial charge in [-0.3, -0.25) is 4.79 Å². The summed E-state index contributed by atoms with van der Waals surface area (Å²) in [6.45, 7) is 0. The van der Waals surface area contributed by atoms with Gasteiger partial charge in [-0.1, -0.05) is 6.07 Å². The van der Waals surface area contributed by atoms with Crippen LogP contribution >= 0.6 is 0 Å². The predicted octanol–water partition coefficient (Wildman–Crippen LogP) is 1.61. The highest BCUT2D eigenvalue weighted by Gasteiger charge is 2.18. The zero-order chi connectivity index (χ0) is 11.8. The Morgan fingerprint density at radius 2 is 2.29 bits per heavy atom. The van der Waals surface area contributed by atoms with Gasteiger partial charge in [0.2, 0.25) is 5.91 Å². The number of carbonyl (C=O) groups is 1. The van der Waals surface area contributed by atoms with E-state index in [1.165, 1.54) is 0 Å². The molecule has 3 N–H and O–H groups in total. The summed E-state index contributed by atoms with van der Waals surface area (Å²) in [4.78, 5) is 18.6. The molecule has 1 aliphatic heterocycles. The van der Waals surface area contributed by atoms with E-state index in [0.29, 0.717) is 6.42 Å². The van der Waals surface area contributed by atoms with Crippen LogP contribution in [0, 0.1) is 0 Å². The number of hydrogen-bond donors (Lipinski definition) is 3. The number of carbonyl (C=O) groups excluding carboxylic acids is 1. The Morgan fingerprint density at radius 1 is 1.41 bits per heavy atom. The highest BCUT2D eigenvalue weighted by atomic mass is 16.1. The molecule has 5 heteroatoms. The van der Waals surface area contributed by atoms with Crippen LogP contribution in [0.4, 0.5) is 11.6 Å². The number of aromatic nitrogens is 2. The van der Waals surface area contributed by atoms with Gasteiger partial charge in [0.1, 0.15) is 0 Å². The molecule has 3 rings (SSSR count). The summed E-state index contributed by atoms with van der Waals surface area (Å²) >= 11 is 0. The van der Waals surface area contributed by atoms with Gasteiger partial charge in [-0.25, -0.2) is 4.98 Å². The van der Waals surface area contributed by atoms with Crippen molar-refractivity contribution in [1.82, 2.24) is 9.97 Å². The van der Waals surface area contributed by atoms with E-state index in [4.69, 9.17) is 0 Å². The van der Waals surface area contributed by atoms with Crippen molar-refractivity contribution < 1.29 is 4.79 Å². The summed E-state index contributed by atoms with van der Waals surface area (Å²) in [5.74, 6) is 0.785. The molecule has 0 saturated carbocycles. The second-order valence-corrected chi connectivity index (χ2v) is 3.99. The van der Waals surface area contributed by atoms with Gasteiger partial charge >= 0.3 is 0 Å². The minimum atomic E-state index is 0.0534. The summed E-state index contributed by atoms with van der Waals surface area (Å²) in [5.41, 5.74) is 3.92. The quantitative estimate of drug-likeness (QED) is 0.731. The van der Waals surface area contributed by atoms with Gasteiger partial charge in [0, 0.05) is 18.3 Å². The molecule has 2 heterocycles. The van der Waals surface area contributed by atoms with Crippen LogP contribution in [0.5, 0.6) is 0 Å². The molecule has 86 valence electrons. The van der Waals surface area contributed by atoms with E-state index in [1.54, 1.807) is 6.20 Å². The van der Waals surface area contributed by atoms with Crippen molar-refractivity contribution in [3.8, 4) is 11.3 Å². The van der Waals surface area contributed by atoms with Gasteiger partial charge in [0.25, 0.3) is 0 Å². The average molecular weight is 228 g/mol. The third-order valence-electron chi connectivity index (χ3n) is 2.85. The summed E-state index contributed by atoms with van der Waals surface area (Å²) < 4.78 is 0. The largest absolute Gasteiger partial charge is 0.359 e. The Kier molecular flexibility index (Phi) is 2.11. The van der Waals surface area contributed by atoms with Gasteiger partial charge < -0.3 is 15.6 Å². The monoisotopic (exact) mass is 228 g/mol. The summed E-state index contributed by atoms with van der Waals surface area (Å²) in [6.07, 6.45) is 2.23. The second kappa shape index (κ2) is 3.62. The maximum absolute atomic E-state index is 11.3. The molecule has 0 fully saturated rings. The SMILES string of the molecule is CNc1ncc(-c2ccc3c(c2)CC(=O)N3)[nH]1. The Balaban J connectivity index is 1.99. The van der Waals surface area contributed by atoms with Gasteiger partial charge in [-0.15, -0.1) is 0 Å². The van der Waals surface area contributed by atoms with Crippen molar-refractivity contribution in [2.24, 2.45) is 0 Å². The lowest BCUT2D eigenvalue weighted by Gasteiger charge is -2.01. The van der Waals surface area contributed by atoms with Crippen molar-refractivity contribution in [2.45, 2.75) is 6.42 Å². The standard InChI is InChI=1S/C12H12N4O/c1-13-12-14-6-10(16-12)7-2-3-9-8(4-7)5-11(17)15-9/h2-4,6H,5H2,1H3,(H,15,17)(H2,13,14,16). The zero-order valence-corrected chi connectivity index (χ0v) is 9.37. The van der Waals surface area contributed by atoms with Crippen LogP contribution in [0.25, 0.3) is 11.3 Å². The number of rotatable bonds is 2. The molecule has 0 atom stereocenters. The van der Waals surface area contributed by atoms with Crippen LogP contribution in [-0.2, 0) is 11.2 Å². The number of nitrogens with one attached hydrogen (secondary N) is 3. The molecule has 0 radical (unpaired) electrons. The van der Waals surface area contributed by atoms with Gasteiger partial charge in [-0.2, -0.15) is 0 Å². The topological polar surface area (TPSA) is 69.8 Å². The number of aromatic amines is 1. The minimum Gasteiger partial charge on any atom is -0.359 e. The van der Waals surface area contributed by atoms with Crippen LogP contribution in [0.2, 0.25) is 0 Å². The Morgan fingerprint density at radius 3 is 3.06 bits per heavy atom. The summed E-state index contributed by atoms with van der Waals surface area (Å²) in [7, 11) is 1.81. The fourth-order valence-corrected chi connectivity index (χ4v) is 1.99. The normalized spacial score (nSPS) is 13.4. The van der Waals surface area contributed by atoms with Crippen LogP contribution < -0.4 is 10.6 Å². The van der Waals surface area contributed by atoms with Crippen molar-refractivity contribution in [2.75, 3.05) is 17.7 Å². The molecule has 17 heavy (non-hydrogen) atoms. The molecule has 1 aromatic heterocycles. The number of anilines is 2. The van der Waals surface area contributed by atoms with E-state index >= 15 is 0 Å². The third-order valence-corrected chi connectivity index (χ3v) is 2.85. The Labute approximate surface area is 98.3 Å².